The Bertz CT molecular complexity index is 540. The fourth-order valence-corrected chi connectivity index (χ4v) is 3.53. The van der Waals surface area contributed by atoms with Gasteiger partial charge in [-0.2, -0.15) is 0 Å². The van der Waals surface area contributed by atoms with Crippen LogP contribution in [0.3, 0.4) is 0 Å². The molecule has 0 aromatic heterocycles. The average Bonchev–Trinajstić information content (AvgIpc) is 3.45. The van der Waals surface area contributed by atoms with Crippen LogP contribution in [0.15, 0.2) is 18.2 Å². The van der Waals surface area contributed by atoms with Gasteiger partial charge in [-0.15, -0.1) is 0 Å². The lowest BCUT2D eigenvalue weighted by atomic mass is 10.1. The molecule has 0 bridgehead atoms. The fourth-order valence-electron chi connectivity index (χ4n) is 3.53. The van der Waals surface area contributed by atoms with Gasteiger partial charge in [-0.25, -0.2) is 0 Å². The Hall–Kier alpha value is -1.30. The largest absolute Gasteiger partial charge is 0.493 e. The maximum Gasteiger partial charge on any atom is 0.161 e. The van der Waals surface area contributed by atoms with Crippen molar-refractivity contribution in [1.82, 2.24) is 10.2 Å². The first-order valence-electron chi connectivity index (χ1n) is 10.2. The smallest absolute Gasteiger partial charge is 0.161 e. The zero-order valence-electron chi connectivity index (χ0n) is 16.1. The molecule has 0 radical (unpaired) electrons. The average molecular weight is 363 g/mol. The molecule has 1 aromatic rings. The van der Waals surface area contributed by atoms with E-state index in [1.54, 1.807) is 7.11 Å². The molecule has 1 aromatic carbocycles. The number of hydrogen-bond acceptors (Lipinski definition) is 5. The molecule has 1 saturated carbocycles. The quantitative estimate of drug-likeness (QED) is 0.707. The molecule has 146 valence electrons. The second kappa shape index (κ2) is 10.1. The number of aliphatic hydroxyl groups excluding tert-OH is 1. The van der Waals surface area contributed by atoms with E-state index >= 15 is 0 Å². The maximum atomic E-state index is 10.4. The van der Waals surface area contributed by atoms with E-state index in [1.165, 1.54) is 50.5 Å². The normalized spacial score (nSPS) is 20.2. The van der Waals surface area contributed by atoms with Crippen LogP contribution < -0.4 is 14.8 Å². The van der Waals surface area contributed by atoms with E-state index in [-0.39, 0.29) is 0 Å². The second-order valence-electron chi connectivity index (χ2n) is 7.67. The van der Waals surface area contributed by atoms with E-state index in [0.717, 1.165) is 25.4 Å². The van der Waals surface area contributed by atoms with Crippen LogP contribution in [0.4, 0.5) is 0 Å². The minimum atomic E-state index is -0.479. The molecule has 5 heteroatoms. The third-order valence-electron chi connectivity index (χ3n) is 5.25. The molecule has 2 N–H and O–H groups in total. The van der Waals surface area contributed by atoms with Crippen molar-refractivity contribution in [2.45, 2.75) is 63.6 Å². The Labute approximate surface area is 157 Å². The number of methoxy groups -OCH3 is 1. The fraction of sp³-hybridized carbons (Fsp3) is 0.714. The summed E-state index contributed by atoms with van der Waals surface area (Å²) in [6, 6.07) is 6.72. The monoisotopic (exact) mass is 362 g/mol. The van der Waals surface area contributed by atoms with Gasteiger partial charge in [0.1, 0.15) is 12.7 Å². The van der Waals surface area contributed by atoms with Gasteiger partial charge in [0, 0.05) is 19.1 Å². The molecular formula is C21H34N2O3. The Morgan fingerprint density at radius 3 is 2.54 bits per heavy atom. The molecule has 2 fully saturated rings. The van der Waals surface area contributed by atoms with Gasteiger partial charge in [-0.05, 0) is 56.5 Å². The first-order valence-corrected chi connectivity index (χ1v) is 10.2. The molecule has 1 atom stereocenters. The molecule has 1 heterocycles. The lowest BCUT2D eigenvalue weighted by Crippen LogP contribution is -2.37. The standard InChI is InChI=1S/C21H34N2O3/c1-25-20-10-7-17(14-22-18-8-9-18)13-21(20)26-16-19(24)15-23-11-5-3-2-4-6-12-23/h7,10,13,18-19,22,24H,2-6,8-9,11-12,14-16H2,1H3. The predicted octanol–water partition coefficient (Wildman–Crippen LogP) is 2.95. The van der Waals surface area contributed by atoms with E-state index in [2.05, 4.69) is 16.3 Å². The van der Waals surface area contributed by atoms with Gasteiger partial charge in [0.15, 0.2) is 11.5 Å². The highest BCUT2D eigenvalue weighted by Crippen LogP contribution is 2.29. The molecule has 1 aliphatic carbocycles. The van der Waals surface area contributed by atoms with Crippen LogP contribution in [-0.4, -0.2) is 55.5 Å². The summed E-state index contributed by atoms with van der Waals surface area (Å²) in [6.45, 7) is 4.00. The number of hydrogen-bond donors (Lipinski definition) is 2. The van der Waals surface area contributed by atoms with Gasteiger partial charge in [0.2, 0.25) is 0 Å². The minimum Gasteiger partial charge on any atom is -0.493 e. The van der Waals surface area contributed by atoms with E-state index in [0.29, 0.717) is 24.9 Å². The highest BCUT2D eigenvalue weighted by atomic mass is 16.5. The number of benzene rings is 1. The van der Waals surface area contributed by atoms with Crippen LogP contribution in [0.1, 0.15) is 50.5 Å². The summed E-state index contributed by atoms with van der Waals surface area (Å²) >= 11 is 0. The van der Waals surface area contributed by atoms with Gasteiger partial charge in [0.25, 0.3) is 0 Å². The molecule has 3 rings (SSSR count). The van der Waals surface area contributed by atoms with Crippen molar-refractivity contribution in [1.29, 1.82) is 0 Å². The maximum absolute atomic E-state index is 10.4. The van der Waals surface area contributed by atoms with Gasteiger partial charge < -0.3 is 24.8 Å². The minimum absolute atomic E-state index is 0.298. The third-order valence-corrected chi connectivity index (χ3v) is 5.25. The summed E-state index contributed by atoms with van der Waals surface area (Å²) in [6.07, 6.45) is 8.52. The van der Waals surface area contributed by atoms with Crippen LogP contribution in [0.2, 0.25) is 0 Å². The molecule has 1 saturated heterocycles. The zero-order valence-corrected chi connectivity index (χ0v) is 16.1. The van der Waals surface area contributed by atoms with Crippen molar-refractivity contribution < 1.29 is 14.6 Å². The van der Waals surface area contributed by atoms with Crippen molar-refractivity contribution in [2.24, 2.45) is 0 Å². The topological polar surface area (TPSA) is 54.0 Å². The highest BCUT2D eigenvalue weighted by Gasteiger charge is 2.20. The Balaban J connectivity index is 1.48. The Kier molecular flexibility index (Phi) is 7.59. The number of nitrogens with zero attached hydrogens (tertiary/aromatic N) is 1. The number of β-amino-alcohol motifs (C(OH)–C–C–N with tert-alkyl or cyclic N) is 1. The molecule has 5 nitrogen and oxygen atoms in total. The molecular weight excluding hydrogens is 328 g/mol. The molecule has 0 amide bonds. The molecule has 2 aliphatic rings. The van der Waals surface area contributed by atoms with Gasteiger partial charge >= 0.3 is 0 Å². The zero-order chi connectivity index (χ0) is 18.2. The number of rotatable bonds is 9. The van der Waals surface area contributed by atoms with Crippen molar-refractivity contribution in [3.8, 4) is 11.5 Å². The first kappa shape index (κ1) is 19.5. The Morgan fingerprint density at radius 2 is 1.85 bits per heavy atom. The summed E-state index contributed by atoms with van der Waals surface area (Å²) in [7, 11) is 1.65. The number of likely N-dealkylation sites (tertiary alicyclic amines) is 1. The summed E-state index contributed by atoms with van der Waals surface area (Å²) in [4.78, 5) is 2.38. The molecule has 0 spiro atoms. The molecule has 26 heavy (non-hydrogen) atoms. The van der Waals surface area contributed by atoms with E-state index < -0.39 is 6.10 Å². The van der Waals surface area contributed by atoms with Crippen LogP contribution in [0, 0.1) is 0 Å². The number of nitrogens with one attached hydrogen (secondary N) is 1. The predicted molar refractivity (Wildman–Crippen MR) is 104 cm³/mol. The molecule has 1 aliphatic heterocycles. The molecule has 1 unspecified atom stereocenters. The van der Waals surface area contributed by atoms with Gasteiger partial charge in [0.05, 0.1) is 7.11 Å². The summed E-state index contributed by atoms with van der Waals surface area (Å²) < 4.78 is 11.3. The van der Waals surface area contributed by atoms with Crippen molar-refractivity contribution in [3.05, 3.63) is 23.8 Å². The van der Waals surface area contributed by atoms with Gasteiger partial charge in [-0.3, -0.25) is 0 Å². The number of aliphatic hydroxyl groups is 1. The summed E-state index contributed by atoms with van der Waals surface area (Å²) in [5.74, 6) is 1.44. The van der Waals surface area contributed by atoms with Crippen LogP contribution in [0.25, 0.3) is 0 Å². The lowest BCUT2D eigenvalue weighted by molar-refractivity contribution is 0.0644. The van der Waals surface area contributed by atoms with Crippen LogP contribution in [-0.2, 0) is 6.54 Å². The third kappa shape index (κ3) is 6.45. The van der Waals surface area contributed by atoms with Crippen molar-refractivity contribution in [2.75, 3.05) is 33.4 Å². The summed E-state index contributed by atoms with van der Waals surface area (Å²) in [5, 5.41) is 13.9. The highest BCUT2D eigenvalue weighted by molar-refractivity contribution is 5.43. The van der Waals surface area contributed by atoms with Crippen LogP contribution in [0.5, 0.6) is 11.5 Å². The van der Waals surface area contributed by atoms with E-state index in [1.807, 2.05) is 12.1 Å². The van der Waals surface area contributed by atoms with Crippen LogP contribution >= 0.6 is 0 Å². The lowest BCUT2D eigenvalue weighted by Gasteiger charge is -2.26. The van der Waals surface area contributed by atoms with E-state index in [4.69, 9.17) is 9.47 Å². The first-order chi connectivity index (χ1) is 12.7. The SMILES string of the molecule is COc1ccc(CNC2CC2)cc1OCC(O)CN1CCCCCCC1. The van der Waals surface area contributed by atoms with Crippen molar-refractivity contribution >= 4 is 0 Å². The Morgan fingerprint density at radius 1 is 1.12 bits per heavy atom. The van der Waals surface area contributed by atoms with Crippen molar-refractivity contribution in [3.63, 3.8) is 0 Å². The second-order valence-corrected chi connectivity index (χ2v) is 7.67. The van der Waals surface area contributed by atoms with E-state index in [9.17, 15) is 5.11 Å². The summed E-state index contributed by atoms with van der Waals surface area (Å²) in [5.41, 5.74) is 1.19. The number of ether oxygens (including phenoxy) is 2. The van der Waals surface area contributed by atoms with Gasteiger partial charge in [-0.1, -0.05) is 25.3 Å².